The van der Waals surface area contributed by atoms with Gasteiger partial charge in [0.05, 0.1) is 10.6 Å². The summed E-state index contributed by atoms with van der Waals surface area (Å²) < 4.78 is 0. The molecule has 0 aromatic heterocycles. The third-order valence-corrected chi connectivity index (χ3v) is 3.65. The van der Waals surface area contributed by atoms with Gasteiger partial charge in [-0.1, -0.05) is 50.6 Å². The van der Waals surface area contributed by atoms with Crippen molar-refractivity contribution in [3.8, 4) is 11.5 Å². The summed E-state index contributed by atoms with van der Waals surface area (Å²) in [5, 5.41) is 23.1. The molecule has 0 heterocycles. The van der Waals surface area contributed by atoms with E-state index in [4.69, 9.17) is 11.6 Å². The van der Waals surface area contributed by atoms with Crippen molar-refractivity contribution >= 4 is 23.2 Å². The molecule has 4 nitrogen and oxygen atoms in total. The predicted molar refractivity (Wildman–Crippen MR) is 87.9 cm³/mol. The number of phenols is 2. The number of hydrogen-bond acceptors (Lipinski definition) is 3. The fourth-order valence-corrected chi connectivity index (χ4v) is 2.36. The van der Waals surface area contributed by atoms with Crippen molar-refractivity contribution in [3.05, 3.63) is 52.5 Å². The third-order valence-electron chi connectivity index (χ3n) is 3.32. The molecule has 0 aliphatic carbocycles. The van der Waals surface area contributed by atoms with Gasteiger partial charge in [0.15, 0.2) is 0 Å². The summed E-state index contributed by atoms with van der Waals surface area (Å²) in [4.78, 5) is 12.3. The van der Waals surface area contributed by atoms with Gasteiger partial charge in [0, 0.05) is 5.56 Å². The number of rotatable bonds is 2. The lowest BCUT2D eigenvalue weighted by molar-refractivity contribution is 0.102. The Hall–Kier alpha value is -2.20. The highest BCUT2D eigenvalue weighted by Gasteiger charge is 2.23. The summed E-state index contributed by atoms with van der Waals surface area (Å²) in [6, 6.07) is 9.65. The molecule has 0 saturated heterocycles. The summed E-state index contributed by atoms with van der Waals surface area (Å²) in [7, 11) is 0. The van der Waals surface area contributed by atoms with Gasteiger partial charge in [0.25, 0.3) is 5.91 Å². The maximum atomic E-state index is 12.3. The van der Waals surface area contributed by atoms with E-state index in [2.05, 4.69) is 5.32 Å². The Labute approximate surface area is 134 Å². The van der Waals surface area contributed by atoms with E-state index in [0.29, 0.717) is 10.6 Å². The Bertz CT molecular complexity index is 720. The molecule has 1 amide bonds. The lowest BCUT2D eigenvalue weighted by Gasteiger charge is -2.22. The Balaban J connectivity index is 2.42. The molecule has 0 saturated carbocycles. The van der Waals surface area contributed by atoms with E-state index in [9.17, 15) is 15.0 Å². The molecule has 22 heavy (non-hydrogen) atoms. The highest BCUT2D eigenvalue weighted by Crippen LogP contribution is 2.41. The van der Waals surface area contributed by atoms with Crippen molar-refractivity contribution < 1.29 is 15.0 Å². The van der Waals surface area contributed by atoms with Crippen LogP contribution >= 0.6 is 11.6 Å². The minimum Gasteiger partial charge on any atom is -0.506 e. The second-order valence-corrected chi connectivity index (χ2v) is 6.45. The monoisotopic (exact) mass is 319 g/mol. The summed E-state index contributed by atoms with van der Waals surface area (Å²) in [5.41, 5.74) is 0.544. The number of benzene rings is 2. The number of phenolic OH excluding ortho intramolecular Hbond substituents is 2. The van der Waals surface area contributed by atoms with Crippen molar-refractivity contribution in [2.24, 2.45) is 0 Å². The van der Waals surface area contributed by atoms with Gasteiger partial charge in [-0.3, -0.25) is 4.79 Å². The van der Waals surface area contributed by atoms with Crippen molar-refractivity contribution in [2.75, 3.05) is 5.32 Å². The molecule has 0 bridgehead atoms. The first-order valence-electron chi connectivity index (χ1n) is 6.83. The van der Waals surface area contributed by atoms with Gasteiger partial charge in [-0.05, 0) is 23.6 Å². The molecule has 2 aromatic carbocycles. The molecule has 0 radical (unpaired) electrons. The number of hydrogen-bond donors (Lipinski definition) is 3. The minimum absolute atomic E-state index is 0.0163. The lowest BCUT2D eigenvalue weighted by atomic mass is 9.86. The van der Waals surface area contributed by atoms with Crippen LogP contribution in [-0.2, 0) is 5.41 Å². The molecule has 0 unspecified atom stereocenters. The summed E-state index contributed by atoms with van der Waals surface area (Å²) >= 11 is 5.98. The van der Waals surface area contributed by atoms with Crippen LogP contribution in [-0.4, -0.2) is 16.1 Å². The molecule has 116 valence electrons. The van der Waals surface area contributed by atoms with E-state index < -0.39 is 5.91 Å². The molecule has 3 N–H and O–H groups in total. The van der Waals surface area contributed by atoms with Crippen molar-refractivity contribution in [1.82, 2.24) is 0 Å². The van der Waals surface area contributed by atoms with E-state index in [1.165, 1.54) is 6.07 Å². The highest BCUT2D eigenvalue weighted by molar-refractivity contribution is 6.34. The smallest absolute Gasteiger partial charge is 0.257 e. The van der Waals surface area contributed by atoms with E-state index in [1.807, 2.05) is 20.8 Å². The largest absolute Gasteiger partial charge is 0.506 e. The van der Waals surface area contributed by atoms with Crippen LogP contribution in [0.1, 0.15) is 36.7 Å². The van der Waals surface area contributed by atoms with Gasteiger partial charge < -0.3 is 15.5 Å². The van der Waals surface area contributed by atoms with Crippen molar-refractivity contribution in [2.45, 2.75) is 26.2 Å². The van der Waals surface area contributed by atoms with Crippen LogP contribution in [0.25, 0.3) is 0 Å². The third kappa shape index (κ3) is 3.17. The SMILES string of the molecule is CC(C)(C)c1ccc(O)c(NC(=O)c2ccccc2Cl)c1O. The Morgan fingerprint density at radius 2 is 1.73 bits per heavy atom. The van der Waals surface area contributed by atoms with E-state index >= 15 is 0 Å². The molecule has 0 atom stereocenters. The quantitative estimate of drug-likeness (QED) is 0.723. The topological polar surface area (TPSA) is 69.6 Å². The Morgan fingerprint density at radius 3 is 2.32 bits per heavy atom. The second kappa shape index (κ2) is 5.89. The van der Waals surface area contributed by atoms with E-state index in [0.717, 1.165) is 0 Å². The van der Waals surface area contributed by atoms with Crippen LogP contribution in [0.2, 0.25) is 5.02 Å². The van der Waals surface area contributed by atoms with Crippen LogP contribution < -0.4 is 5.32 Å². The molecule has 5 heteroatoms. The minimum atomic E-state index is -0.498. The van der Waals surface area contributed by atoms with Crippen LogP contribution in [0.3, 0.4) is 0 Å². The molecule has 0 fully saturated rings. The van der Waals surface area contributed by atoms with Gasteiger partial charge in [-0.25, -0.2) is 0 Å². The fourth-order valence-electron chi connectivity index (χ4n) is 2.14. The van der Waals surface area contributed by atoms with Gasteiger partial charge in [0.1, 0.15) is 17.2 Å². The molecule has 2 rings (SSSR count). The van der Waals surface area contributed by atoms with Crippen molar-refractivity contribution in [1.29, 1.82) is 0 Å². The van der Waals surface area contributed by atoms with Crippen LogP contribution in [0.15, 0.2) is 36.4 Å². The zero-order valence-corrected chi connectivity index (χ0v) is 13.4. The van der Waals surface area contributed by atoms with Gasteiger partial charge in [0.2, 0.25) is 0 Å². The average molecular weight is 320 g/mol. The van der Waals surface area contributed by atoms with E-state index in [1.54, 1.807) is 30.3 Å². The van der Waals surface area contributed by atoms with Gasteiger partial charge in [-0.15, -0.1) is 0 Å². The predicted octanol–water partition coefficient (Wildman–Crippen LogP) is 4.30. The number of halogens is 1. The van der Waals surface area contributed by atoms with Gasteiger partial charge in [-0.2, -0.15) is 0 Å². The van der Waals surface area contributed by atoms with E-state index in [-0.39, 0.29) is 28.2 Å². The number of carbonyl (C=O) groups is 1. The summed E-state index contributed by atoms with van der Waals surface area (Å²) in [6.45, 7) is 5.79. The van der Waals surface area contributed by atoms with Crippen molar-refractivity contribution in [3.63, 3.8) is 0 Å². The first-order chi connectivity index (χ1) is 10.2. The second-order valence-electron chi connectivity index (χ2n) is 6.04. The molecule has 0 aliphatic rings. The normalized spacial score (nSPS) is 11.3. The number of nitrogens with one attached hydrogen (secondary N) is 1. The fraction of sp³-hybridized carbons (Fsp3) is 0.235. The zero-order valence-electron chi connectivity index (χ0n) is 12.6. The molecule has 0 spiro atoms. The van der Waals surface area contributed by atoms with Gasteiger partial charge >= 0.3 is 0 Å². The molecular weight excluding hydrogens is 302 g/mol. The highest BCUT2D eigenvalue weighted by atomic mass is 35.5. The maximum absolute atomic E-state index is 12.3. The first-order valence-corrected chi connectivity index (χ1v) is 7.21. The Morgan fingerprint density at radius 1 is 1.09 bits per heavy atom. The van der Waals surface area contributed by atoms with Crippen LogP contribution in [0.5, 0.6) is 11.5 Å². The summed E-state index contributed by atoms with van der Waals surface area (Å²) in [5.74, 6) is -0.846. The summed E-state index contributed by atoms with van der Waals surface area (Å²) in [6.07, 6.45) is 0. The molecule has 0 aliphatic heterocycles. The number of amides is 1. The number of anilines is 1. The zero-order chi connectivity index (χ0) is 16.5. The van der Waals surface area contributed by atoms with Crippen LogP contribution in [0.4, 0.5) is 5.69 Å². The standard InChI is InChI=1S/C17H18ClNO3/c1-17(2,3)11-8-9-13(20)14(15(11)21)19-16(22)10-6-4-5-7-12(10)18/h4-9,20-21H,1-3H3,(H,19,22). The molecular formula is C17H18ClNO3. The lowest BCUT2D eigenvalue weighted by Crippen LogP contribution is -2.15. The first kappa shape index (κ1) is 16.2. The maximum Gasteiger partial charge on any atom is 0.257 e. The molecule has 2 aromatic rings. The number of aromatic hydroxyl groups is 2. The number of carbonyl (C=O) groups excluding carboxylic acids is 1. The van der Waals surface area contributed by atoms with Crippen LogP contribution in [0, 0.1) is 0 Å². The Kier molecular flexibility index (Phi) is 4.33. The average Bonchev–Trinajstić information content (AvgIpc) is 2.42.